The Hall–Kier alpha value is -3.11. The van der Waals surface area contributed by atoms with Crippen molar-refractivity contribution >= 4 is 33.2 Å². The summed E-state index contributed by atoms with van der Waals surface area (Å²) in [6.45, 7) is 4.54. The number of hydrogen-bond acceptors (Lipinski definition) is 6. The summed E-state index contributed by atoms with van der Waals surface area (Å²) < 4.78 is 36.6. The van der Waals surface area contributed by atoms with Gasteiger partial charge in [0.1, 0.15) is 5.75 Å². The van der Waals surface area contributed by atoms with E-state index < -0.39 is 10.0 Å². The van der Waals surface area contributed by atoms with Gasteiger partial charge in [-0.25, -0.2) is 8.42 Å². The van der Waals surface area contributed by atoms with E-state index in [1.54, 1.807) is 53.4 Å². The molecule has 34 heavy (non-hydrogen) atoms. The number of anilines is 2. The number of carbonyl (C=O) groups is 2. The molecule has 2 amide bonds. The highest BCUT2D eigenvalue weighted by Gasteiger charge is 2.22. The Bertz CT molecular complexity index is 1080. The Balaban J connectivity index is 1.60. The van der Waals surface area contributed by atoms with Crippen LogP contribution in [0.25, 0.3) is 0 Å². The quantitative estimate of drug-likeness (QED) is 0.550. The molecule has 0 saturated carbocycles. The van der Waals surface area contributed by atoms with Crippen LogP contribution in [0, 0.1) is 0 Å². The number of ether oxygens (including phenoxy) is 2. The number of morpholine rings is 1. The summed E-state index contributed by atoms with van der Waals surface area (Å²) in [4.78, 5) is 27.2. The van der Waals surface area contributed by atoms with Crippen molar-refractivity contribution in [3.05, 3.63) is 54.1 Å². The van der Waals surface area contributed by atoms with E-state index in [4.69, 9.17) is 9.47 Å². The maximum atomic E-state index is 12.9. The van der Waals surface area contributed by atoms with Crippen molar-refractivity contribution in [1.29, 1.82) is 0 Å². The molecule has 0 spiro atoms. The molecule has 0 aromatic heterocycles. The molecule has 3 rings (SSSR count). The fourth-order valence-electron chi connectivity index (χ4n) is 3.67. The van der Waals surface area contributed by atoms with Gasteiger partial charge in [0.15, 0.2) is 0 Å². The summed E-state index contributed by atoms with van der Waals surface area (Å²) in [5.74, 6) is 0.213. The van der Waals surface area contributed by atoms with Gasteiger partial charge in [-0.2, -0.15) is 0 Å². The highest BCUT2D eigenvalue weighted by molar-refractivity contribution is 7.92. The Labute approximate surface area is 200 Å². The van der Waals surface area contributed by atoms with Crippen LogP contribution in [0.4, 0.5) is 11.4 Å². The normalized spacial score (nSPS) is 13.9. The van der Waals surface area contributed by atoms with Gasteiger partial charge in [0.05, 0.1) is 43.0 Å². The van der Waals surface area contributed by atoms with Gasteiger partial charge in [-0.15, -0.1) is 0 Å². The first-order valence-electron chi connectivity index (χ1n) is 11.3. The molecule has 1 aliphatic rings. The van der Waals surface area contributed by atoms with Gasteiger partial charge >= 0.3 is 0 Å². The number of benzene rings is 2. The predicted octanol–water partition coefficient (Wildman–Crippen LogP) is 2.74. The molecule has 0 aliphatic carbocycles. The third kappa shape index (κ3) is 6.94. The highest BCUT2D eigenvalue weighted by Crippen LogP contribution is 2.23. The Morgan fingerprint density at radius 1 is 1.09 bits per heavy atom. The predicted molar refractivity (Wildman–Crippen MR) is 131 cm³/mol. The van der Waals surface area contributed by atoms with Gasteiger partial charge in [-0.3, -0.25) is 13.9 Å². The molecule has 9 nitrogen and oxygen atoms in total. The second-order valence-corrected chi connectivity index (χ2v) is 9.77. The number of para-hydroxylation sites is 1. The lowest BCUT2D eigenvalue weighted by molar-refractivity contribution is -0.116. The van der Waals surface area contributed by atoms with Crippen molar-refractivity contribution in [3.63, 3.8) is 0 Å². The molecule has 1 aliphatic heterocycles. The molecule has 184 valence electrons. The molecule has 0 bridgehead atoms. The van der Waals surface area contributed by atoms with Crippen LogP contribution in [-0.2, 0) is 19.6 Å². The van der Waals surface area contributed by atoms with E-state index in [2.05, 4.69) is 5.32 Å². The van der Waals surface area contributed by atoms with Crippen LogP contribution in [0.1, 0.15) is 30.1 Å². The molecule has 0 atom stereocenters. The van der Waals surface area contributed by atoms with E-state index in [1.165, 1.54) is 4.31 Å². The number of hydrogen-bond donors (Lipinski definition) is 1. The maximum Gasteiger partial charge on any atom is 0.256 e. The molecular formula is C24H31N3O6S. The van der Waals surface area contributed by atoms with Crippen LogP contribution >= 0.6 is 0 Å². The second-order valence-electron chi connectivity index (χ2n) is 7.86. The summed E-state index contributed by atoms with van der Waals surface area (Å²) in [6.07, 6.45) is 1.55. The second kappa shape index (κ2) is 11.8. The minimum atomic E-state index is -3.53. The number of nitrogens with zero attached hydrogens (tertiary/aromatic N) is 2. The first-order chi connectivity index (χ1) is 16.3. The number of carbonyl (C=O) groups excluding carboxylic acids is 2. The van der Waals surface area contributed by atoms with Crippen molar-refractivity contribution < 1.29 is 27.5 Å². The first-order valence-corrected chi connectivity index (χ1v) is 13.1. The van der Waals surface area contributed by atoms with Crippen LogP contribution in [-0.4, -0.2) is 70.8 Å². The van der Waals surface area contributed by atoms with Crippen molar-refractivity contribution in [2.24, 2.45) is 0 Å². The third-order valence-corrected chi connectivity index (χ3v) is 6.52. The van der Waals surface area contributed by atoms with Crippen molar-refractivity contribution in [2.45, 2.75) is 19.8 Å². The molecule has 1 fully saturated rings. The van der Waals surface area contributed by atoms with Gasteiger partial charge in [-0.1, -0.05) is 12.1 Å². The average molecular weight is 490 g/mol. The number of sulfonamides is 1. The third-order valence-electron chi connectivity index (χ3n) is 5.33. The summed E-state index contributed by atoms with van der Waals surface area (Å²) in [7, 11) is -3.53. The molecule has 1 heterocycles. The summed E-state index contributed by atoms with van der Waals surface area (Å²) >= 11 is 0. The van der Waals surface area contributed by atoms with Gasteiger partial charge in [-0.05, 0) is 49.7 Å². The summed E-state index contributed by atoms with van der Waals surface area (Å²) in [5.41, 5.74) is 1.37. The Morgan fingerprint density at radius 2 is 1.76 bits per heavy atom. The van der Waals surface area contributed by atoms with E-state index in [1.807, 2.05) is 6.92 Å². The van der Waals surface area contributed by atoms with Gasteiger partial charge in [0.25, 0.3) is 5.91 Å². The molecule has 10 heteroatoms. The van der Waals surface area contributed by atoms with Gasteiger partial charge in [0.2, 0.25) is 15.9 Å². The maximum absolute atomic E-state index is 12.9. The number of nitrogens with one attached hydrogen (secondary N) is 1. The zero-order valence-corrected chi connectivity index (χ0v) is 20.3. The SMILES string of the molecule is CCOc1ccc(N(CCCC(=O)Nc2ccccc2C(=O)N2CCOCC2)S(C)(=O)=O)cc1. The number of rotatable bonds is 10. The zero-order chi connectivity index (χ0) is 24.6. The van der Waals surface area contributed by atoms with Crippen molar-refractivity contribution in [1.82, 2.24) is 4.90 Å². The van der Waals surface area contributed by atoms with Crippen LogP contribution in [0.5, 0.6) is 5.75 Å². The standard InChI is InChI=1S/C24H31N3O6S/c1-3-33-20-12-10-19(11-13-20)27(34(2,30)31)14-6-9-23(28)25-22-8-5-4-7-21(22)24(29)26-15-17-32-18-16-26/h4-5,7-8,10-13H,3,6,9,14-18H2,1-2H3,(H,25,28). The van der Waals surface area contributed by atoms with Crippen LogP contribution in [0.15, 0.2) is 48.5 Å². The van der Waals surface area contributed by atoms with E-state index in [0.29, 0.717) is 62.0 Å². The van der Waals surface area contributed by atoms with Crippen molar-refractivity contribution in [3.8, 4) is 5.75 Å². The van der Waals surface area contributed by atoms with E-state index in [9.17, 15) is 18.0 Å². The fourth-order valence-corrected chi connectivity index (χ4v) is 4.64. The zero-order valence-electron chi connectivity index (χ0n) is 19.5. The van der Waals surface area contributed by atoms with Crippen LogP contribution < -0.4 is 14.4 Å². The first kappa shape index (κ1) is 25.5. The molecule has 1 saturated heterocycles. The van der Waals surface area contributed by atoms with Crippen molar-refractivity contribution in [2.75, 3.05) is 55.3 Å². The molecule has 1 N–H and O–H groups in total. The molecular weight excluding hydrogens is 458 g/mol. The lowest BCUT2D eigenvalue weighted by atomic mass is 10.1. The Morgan fingerprint density at radius 3 is 2.41 bits per heavy atom. The number of amides is 2. The molecule has 0 radical (unpaired) electrons. The highest BCUT2D eigenvalue weighted by atomic mass is 32.2. The van der Waals surface area contributed by atoms with Crippen LogP contribution in [0.2, 0.25) is 0 Å². The summed E-state index contributed by atoms with van der Waals surface area (Å²) in [6, 6.07) is 13.7. The topological polar surface area (TPSA) is 105 Å². The average Bonchev–Trinajstić information content (AvgIpc) is 2.82. The lowest BCUT2D eigenvalue weighted by Crippen LogP contribution is -2.41. The smallest absolute Gasteiger partial charge is 0.256 e. The van der Waals surface area contributed by atoms with E-state index >= 15 is 0 Å². The monoisotopic (exact) mass is 489 g/mol. The fraction of sp³-hybridized carbons (Fsp3) is 0.417. The largest absolute Gasteiger partial charge is 0.494 e. The lowest BCUT2D eigenvalue weighted by Gasteiger charge is -2.27. The summed E-state index contributed by atoms with van der Waals surface area (Å²) in [5, 5.41) is 2.80. The van der Waals surface area contributed by atoms with Gasteiger partial charge in [0, 0.05) is 26.1 Å². The molecule has 2 aromatic rings. The van der Waals surface area contributed by atoms with E-state index in [-0.39, 0.29) is 24.8 Å². The van der Waals surface area contributed by atoms with E-state index in [0.717, 1.165) is 6.26 Å². The minimum absolute atomic E-state index is 0.100. The van der Waals surface area contributed by atoms with Crippen LogP contribution in [0.3, 0.4) is 0 Å². The Kier molecular flexibility index (Phi) is 8.89. The van der Waals surface area contributed by atoms with Gasteiger partial charge < -0.3 is 19.7 Å². The molecule has 2 aromatic carbocycles. The minimum Gasteiger partial charge on any atom is -0.494 e. The molecule has 0 unspecified atom stereocenters.